The van der Waals surface area contributed by atoms with Gasteiger partial charge in [0.15, 0.2) is 0 Å². The molecule has 0 saturated carbocycles. The zero-order valence-corrected chi connectivity index (χ0v) is 10.4. The van der Waals surface area contributed by atoms with Crippen LogP contribution in [0.15, 0.2) is 48.5 Å². The molecule has 2 aromatic carbocycles. The number of aromatic amines is 1. The Morgan fingerprint density at radius 2 is 1.95 bits per heavy atom. The van der Waals surface area contributed by atoms with Gasteiger partial charge in [-0.25, -0.2) is 0 Å². The van der Waals surface area contributed by atoms with Crippen molar-refractivity contribution < 1.29 is 9.90 Å². The summed E-state index contributed by atoms with van der Waals surface area (Å²) in [5.74, 6) is -1.16. The third-order valence-corrected chi connectivity index (χ3v) is 3.19. The van der Waals surface area contributed by atoms with Gasteiger partial charge in [-0.05, 0) is 36.2 Å². The second-order valence-corrected chi connectivity index (χ2v) is 4.64. The first-order valence-corrected chi connectivity index (χ1v) is 6.04. The topological polar surface area (TPSA) is 55.9 Å². The van der Waals surface area contributed by atoms with Crippen molar-refractivity contribution in [3.8, 4) is 11.3 Å². The molecule has 19 heavy (non-hydrogen) atoms. The lowest BCUT2D eigenvalue weighted by atomic mass is 10.1. The number of H-pyrrole nitrogens is 1. The minimum Gasteiger partial charge on any atom is -0.545 e. The Morgan fingerprint density at radius 3 is 2.68 bits per heavy atom. The van der Waals surface area contributed by atoms with Crippen LogP contribution < -0.4 is 5.11 Å². The minimum absolute atomic E-state index is 0.185. The molecule has 3 nitrogen and oxygen atoms in total. The third kappa shape index (κ3) is 2.10. The monoisotopic (exact) mass is 250 g/mol. The molecule has 0 bridgehead atoms. The van der Waals surface area contributed by atoms with Gasteiger partial charge in [0.25, 0.3) is 0 Å². The van der Waals surface area contributed by atoms with Gasteiger partial charge in [-0.15, -0.1) is 0 Å². The number of benzene rings is 2. The van der Waals surface area contributed by atoms with Crippen LogP contribution in [0, 0.1) is 6.92 Å². The van der Waals surface area contributed by atoms with Gasteiger partial charge in [0.2, 0.25) is 0 Å². The lowest BCUT2D eigenvalue weighted by Gasteiger charge is -2.01. The molecule has 94 valence electrons. The van der Waals surface area contributed by atoms with E-state index in [9.17, 15) is 9.90 Å². The number of hydrogen-bond donors (Lipinski definition) is 1. The predicted molar refractivity (Wildman–Crippen MR) is 72.8 cm³/mol. The molecule has 3 rings (SSSR count). The first-order chi connectivity index (χ1) is 9.13. The van der Waals surface area contributed by atoms with E-state index in [1.165, 1.54) is 5.56 Å². The summed E-state index contributed by atoms with van der Waals surface area (Å²) in [6.07, 6.45) is 0. The number of carboxylic acids is 1. The lowest BCUT2D eigenvalue weighted by molar-refractivity contribution is -0.255. The number of carboxylic acid groups (broad SMARTS) is 1. The van der Waals surface area contributed by atoms with Gasteiger partial charge >= 0.3 is 0 Å². The number of nitrogens with one attached hydrogen (secondary N) is 1. The van der Waals surface area contributed by atoms with Gasteiger partial charge in [-0.2, -0.15) is 0 Å². The average molecular weight is 250 g/mol. The minimum atomic E-state index is -1.16. The third-order valence-electron chi connectivity index (χ3n) is 3.19. The number of rotatable bonds is 2. The van der Waals surface area contributed by atoms with Gasteiger partial charge in [-0.3, -0.25) is 0 Å². The van der Waals surface area contributed by atoms with Gasteiger partial charge in [-0.1, -0.05) is 35.9 Å². The largest absolute Gasteiger partial charge is 0.545 e. The Kier molecular flexibility index (Phi) is 2.60. The zero-order chi connectivity index (χ0) is 13.4. The van der Waals surface area contributed by atoms with Crippen LogP contribution in [0.1, 0.15) is 15.9 Å². The second-order valence-electron chi connectivity index (χ2n) is 4.64. The van der Waals surface area contributed by atoms with Gasteiger partial charge in [0.1, 0.15) is 0 Å². The molecule has 1 aromatic heterocycles. The Labute approximate surface area is 110 Å². The number of carbonyl (C=O) groups excluding carboxylic acids is 1. The lowest BCUT2D eigenvalue weighted by Crippen LogP contribution is -2.21. The molecule has 0 aliphatic rings. The number of fused-ring (bicyclic) bond motifs is 1. The summed E-state index contributed by atoms with van der Waals surface area (Å²) in [5, 5.41) is 11.8. The molecule has 0 radical (unpaired) electrons. The fourth-order valence-corrected chi connectivity index (χ4v) is 2.22. The highest BCUT2D eigenvalue weighted by atomic mass is 16.4. The molecule has 0 amide bonds. The molecule has 0 aliphatic carbocycles. The van der Waals surface area contributed by atoms with Crippen molar-refractivity contribution in [2.45, 2.75) is 6.92 Å². The number of aryl methyl sites for hydroxylation is 1. The van der Waals surface area contributed by atoms with Gasteiger partial charge in [0, 0.05) is 16.6 Å². The number of aromatic carboxylic acids is 1. The molecule has 3 aromatic rings. The van der Waals surface area contributed by atoms with E-state index in [2.05, 4.69) is 11.1 Å². The number of carbonyl (C=O) groups is 1. The zero-order valence-electron chi connectivity index (χ0n) is 10.4. The molecule has 0 unspecified atom stereocenters. The van der Waals surface area contributed by atoms with E-state index in [-0.39, 0.29) is 5.56 Å². The molecule has 1 heterocycles. The van der Waals surface area contributed by atoms with Crippen molar-refractivity contribution in [1.82, 2.24) is 4.98 Å². The number of hydrogen-bond acceptors (Lipinski definition) is 2. The smallest absolute Gasteiger partial charge is 0.0716 e. The highest BCUT2D eigenvalue weighted by Gasteiger charge is 2.04. The summed E-state index contributed by atoms with van der Waals surface area (Å²) >= 11 is 0. The molecule has 1 N–H and O–H groups in total. The van der Waals surface area contributed by atoms with Crippen LogP contribution >= 0.6 is 0 Å². The highest BCUT2D eigenvalue weighted by molar-refractivity contribution is 5.94. The number of aromatic nitrogens is 1. The molecular formula is C16H12NO2-. The van der Waals surface area contributed by atoms with E-state index in [0.29, 0.717) is 0 Å². The SMILES string of the molecule is Cc1cccc(-c2cc3ccc(C(=O)[O-])cc3[nH]2)c1. The molecule has 0 atom stereocenters. The highest BCUT2D eigenvalue weighted by Crippen LogP contribution is 2.25. The maximum absolute atomic E-state index is 10.8. The van der Waals surface area contributed by atoms with Crippen LogP contribution in [-0.2, 0) is 0 Å². The van der Waals surface area contributed by atoms with Crippen molar-refractivity contribution in [1.29, 1.82) is 0 Å². The predicted octanol–water partition coefficient (Wildman–Crippen LogP) is 2.51. The van der Waals surface area contributed by atoms with E-state index in [1.54, 1.807) is 18.2 Å². The van der Waals surface area contributed by atoms with Crippen LogP contribution in [0.2, 0.25) is 0 Å². The van der Waals surface area contributed by atoms with Gasteiger partial charge < -0.3 is 14.9 Å². The van der Waals surface area contributed by atoms with Crippen LogP contribution in [0.3, 0.4) is 0 Å². The average Bonchev–Trinajstić information content (AvgIpc) is 2.81. The maximum atomic E-state index is 10.8. The molecule has 0 spiro atoms. The molecule has 3 heteroatoms. The normalized spacial score (nSPS) is 10.8. The van der Waals surface area contributed by atoms with E-state index in [1.807, 2.05) is 31.2 Å². The van der Waals surface area contributed by atoms with Crippen molar-refractivity contribution in [2.75, 3.05) is 0 Å². The van der Waals surface area contributed by atoms with Crippen LogP contribution in [-0.4, -0.2) is 11.0 Å². The van der Waals surface area contributed by atoms with Crippen molar-refractivity contribution in [3.05, 3.63) is 59.7 Å². The van der Waals surface area contributed by atoms with Gasteiger partial charge in [0.05, 0.1) is 5.97 Å². The summed E-state index contributed by atoms with van der Waals surface area (Å²) in [6.45, 7) is 2.04. The van der Waals surface area contributed by atoms with E-state index < -0.39 is 5.97 Å². The maximum Gasteiger partial charge on any atom is 0.0716 e. The Hall–Kier alpha value is -2.55. The van der Waals surface area contributed by atoms with Crippen molar-refractivity contribution in [2.24, 2.45) is 0 Å². The fourth-order valence-electron chi connectivity index (χ4n) is 2.22. The quantitative estimate of drug-likeness (QED) is 0.759. The van der Waals surface area contributed by atoms with E-state index in [0.717, 1.165) is 22.2 Å². The van der Waals surface area contributed by atoms with E-state index >= 15 is 0 Å². The molecule has 0 saturated heterocycles. The standard InChI is InChI=1S/C16H13NO2/c1-10-3-2-4-11(7-10)14-8-12-5-6-13(16(18)19)9-15(12)17-14/h2-9,17H,1H3,(H,18,19)/p-1. The summed E-state index contributed by atoms with van der Waals surface area (Å²) in [5.41, 5.74) is 4.25. The summed E-state index contributed by atoms with van der Waals surface area (Å²) in [7, 11) is 0. The molecular weight excluding hydrogens is 238 g/mol. The summed E-state index contributed by atoms with van der Waals surface area (Å²) in [4.78, 5) is 14.1. The van der Waals surface area contributed by atoms with E-state index in [4.69, 9.17) is 0 Å². The van der Waals surface area contributed by atoms with Crippen molar-refractivity contribution >= 4 is 16.9 Å². The fraction of sp³-hybridized carbons (Fsp3) is 0.0625. The van der Waals surface area contributed by atoms with Crippen LogP contribution in [0.25, 0.3) is 22.2 Å². The first-order valence-electron chi connectivity index (χ1n) is 6.04. The Bertz CT molecular complexity index is 771. The molecule has 0 aliphatic heterocycles. The summed E-state index contributed by atoms with van der Waals surface area (Å²) < 4.78 is 0. The van der Waals surface area contributed by atoms with Crippen molar-refractivity contribution in [3.63, 3.8) is 0 Å². The van der Waals surface area contributed by atoms with Crippen LogP contribution in [0.5, 0.6) is 0 Å². The first kappa shape index (κ1) is 11.5. The van der Waals surface area contributed by atoms with Crippen LogP contribution in [0.4, 0.5) is 0 Å². The Balaban J connectivity index is 2.14. The molecule has 0 fully saturated rings. The Morgan fingerprint density at radius 1 is 1.11 bits per heavy atom. The summed E-state index contributed by atoms with van der Waals surface area (Å²) in [6, 6.07) is 15.1. The second kappa shape index (κ2) is 4.28.